The molecule has 0 aliphatic carbocycles. The number of methoxy groups -OCH3 is 1. The molecule has 0 amide bonds. The van der Waals surface area contributed by atoms with E-state index >= 15 is 0 Å². The van der Waals surface area contributed by atoms with Crippen LogP contribution in [0.25, 0.3) is 0 Å². The Bertz CT molecular complexity index is 756. The fourth-order valence-electron chi connectivity index (χ4n) is 3.49. The minimum Gasteiger partial charge on any atom is -0.497 e. The normalized spacial score (nSPS) is 17.7. The third kappa shape index (κ3) is 5.47. The standard InChI is InChI=1S/C22H30N4O2/c1-17(18-6-4-3-5-7-18)26-22(12-14-28-15-13-22)16-24-21(23)25-19-8-10-20(27-2)11-9-19/h3-11,17,26H,12-16H2,1-2H3,(H3,23,24,25). The van der Waals surface area contributed by atoms with E-state index in [4.69, 9.17) is 15.2 Å². The average molecular weight is 383 g/mol. The Labute approximate surface area is 167 Å². The molecule has 0 bridgehead atoms. The number of anilines is 1. The summed E-state index contributed by atoms with van der Waals surface area (Å²) in [4.78, 5) is 4.64. The minimum absolute atomic E-state index is 0.125. The molecule has 0 saturated carbocycles. The molecule has 1 fully saturated rings. The number of nitrogens with two attached hydrogens (primary N) is 1. The lowest BCUT2D eigenvalue weighted by atomic mass is 9.88. The second kappa shape index (κ2) is 9.57. The molecule has 6 heteroatoms. The Morgan fingerprint density at radius 2 is 1.82 bits per heavy atom. The maximum absolute atomic E-state index is 6.14. The van der Waals surface area contributed by atoms with Gasteiger partial charge in [-0.3, -0.25) is 4.99 Å². The maximum atomic E-state index is 6.14. The highest BCUT2D eigenvalue weighted by atomic mass is 16.5. The van der Waals surface area contributed by atoms with E-state index in [0.29, 0.717) is 12.5 Å². The number of hydrogen-bond acceptors (Lipinski definition) is 4. The third-order valence-electron chi connectivity index (χ3n) is 5.19. The molecule has 28 heavy (non-hydrogen) atoms. The first kappa shape index (κ1) is 20.2. The summed E-state index contributed by atoms with van der Waals surface area (Å²) in [6.07, 6.45) is 1.81. The molecule has 6 nitrogen and oxygen atoms in total. The molecule has 0 aromatic heterocycles. The zero-order valence-electron chi connectivity index (χ0n) is 16.7. The molecule has 3 rings (SSSR count). The summed E-state index contributed by atoms with van der Waals surface area (Å²) in [5.41, 5.74) is 8.17. The van der Waals surface area contributed by atoms with Crippen LogP contribution in [0.15, 0.2) is 59.6 Å². The number of guanidine groups is 1. The van der Waals surface area contributed by atoms with E-state index in [9.17, 15) is 0 Å². The van der Waals surface area contributed by atoms with Crippen molar-refractivity contribution in [2.75, 3.05) is 32.2 Å². The van der Waals surface area contributed by atoms with Gasteiger partial charge in [-0.2, -0.15) is 0 Å². The van der Waals surface area contributed by atoms with Crippen molar-refractivity contribution in [2.24, 2.45) is 10.7 Å². The first-order valence-electron chi connectivity index (χ1n) is 9.72. The quantitative estimate of drug-likeness (QED) is 0.506. The monoisotopic (exact) mass is 382 g/mol. The van der Waals surface area contributed by atoms with Gasteiger partial charge in [-0.1, -0.05) is 30.3 Å². The number of nitrogens with zero attached hydrogens (tertiary/aromatic N) is 1. The number of hydrogen-bond donors (Lipinski definition) is 3. The van der Waals surface area contributed by atoms with Crippen molar-refractivity contribution < 1.29 is 9.47 Å². The topological polar surface area (TPSA) is 80.9 Å². The molecule has 150 valence electrons. The van der Waals surface area contributed by atoms with Gasteiger partial charge in [0.15, 0.2) is 5.96 Å². The molecule has 1 aliphatic rings. The first-order valence-corrected chi connectivity index (χ1v) is 9.72. The molecule has 4 N–H and O–H groups in total. The second-order valence-corrected chi connectivity index (χ2v) is 7.22. The van der Waals surface area contributed by atoms with E-state index < -0.39 is 0 Å². The highest BCUT2D eigenvalue weighted by Crippen LogP contribution is 2.26. The van der Waals surface area contributed by atoms with Gasteiger partial charge in [-0.25, -0.2) is 0 Å². The molecule has 1 saturated heterocycles. The third-order valence-corrected chi connectivity index (χ3v) is 5.19. The number of rotatable bonds is 7. The van der Waals surface area contributed by atoms with Gasteiger partial charge in [-0.15, -0.1) is 0 Å². The molecule has 2 aromatic carbocycles. The summed E-state index contributed by atoms with van der Waals surface area (Å²) in [6.45, 7) is 4.25. The average Bonchev–Trinajstić information content (AvgIpc) is 2.74. The molecule has 1 unspecified atom stereocenters. The highest BCUT2D eigenvalue weighted by molar-refractivity contribution is 5.92. The minimum atomic E-state index is -0.125. The Kier molecular flexibility index (Phi) is 6.90. The summed E-state index contributed by atoms with van der Waals surface area (Å²) in [6, 6.07) is 18.3. The number of nitrogens with one attached hydrogen (secondary N) is 2. The molecule has 0 spiro atoms. The van der Waals surface area contributed by atoms with Crippen molar-refractivity contribution in [3.05, 3.63) is 60.2 Å². The fourth-order valence-corrected chi connectivity index (χ4v) is 3.49. The molecule has 0 radical (unpaired) electrons. The zero-order chi connectivity index (χ0) is 19.8. The first-order chi connectivity index (χ1) is 13.6. The van der Waals surface area contributed by atoms with Crippen LogP contribution in [0.2, 0.25) is 0 Å². The molecule has 2 aromatic rings. The van der Waals surface area contributed by atoms with Crippen LogP contribution >= 0.6 is 0 Å². The molecule has 1 atom stereocenters. The molecule has 1 heterocycles. The molecular formula is C22H30N4O2. The molecular weight excluding hydrogens is 352 g/mol. The Morgan fingerprint density at radius 3 is 2.46 bits per heavy atom. The summed E-state index contributed by atoms with van der Waals surface area (Å²) in [5, 5.41) is 6.94. The summed E-state index contributed by atoms with van der Waals surface area (Å²) >= 11 is 0. The van der Waals surface area contributed by atoms with Crippen molar-refractivity contribution >= 4 is 11.6 Å². The van der Waals surface area contributed by atoms with E-state index in [1.54, 1.807) is 7.11 Å². The van der Waals surface area contributed by atoms with Crippen LogP contribution in [0.5, 0.6) is 5.75 Å². The van der Waals surface area contributed by atoms with Crippen molar-refractivity contribution in [3.8, 4) is 5.75 Å². The van der Waals surface area contributed by atoms with Crippen LogP contribution in [0.1, 0.15) is 31.4 Å². The fraction of sp³-hybridized carbons (Fsp3) is 0.409. The lowest BCUT2D eigenvalue weighted by Crippen LogP contribution is -2.53. The SMILES string of the molecule is COc1ccc(NC(N)=NCC2(NC(C)c3ccccc3)CCOCC2)cc1. The van der Waals surface area contributed by atoms with Gasteiger partial charge in [0.05, 0.1) is 13.7 Å². The van der Waals surface area contributed by atoms with Gasteiger partial charge in [0.25, 0.3) is 0 Å². The lowest BCUT2D eigenvalue weighted by molar-refractivity contribution is 0.0375. The Morgan fingerprint density at radius 1 is 1.14 bits per heavy atom. The van der Waals surface area contributed by atoms with Crippen LogP contribution in [-0.2, 0) is 4.74 Å². The van der Waals surface area contributed by atoms with E-state index in [-0.39, 0.29) is 11.6 Å². The summed E-state index contributed by atoms with van der Waals surface area (Å²) in [7, 11) is 1.65. The van der Waals surface area contributed by atoms with Crippen LogP contribution in [0, 0.1) is 0 Å². The number of benzene rings is 2. The largest absolute Gasteiger partial charge is 0.497 e. The van der Waals surface area contributed by atoms with Crippen LogP contribution in [0.3, 0.4) is 0 Å². The second-order valence-electron chi connectivity index (χ2n) is 7.22. The summed E-state index contributed by atoms with van der Waals surface area (Å²) in [5.74, 6) is 1.21. The van der Waals surface area contributed by atoms with E-state index in [1.807, 2.05) is 30.3 Å². The maximum Gasteiger partial charge on any atom is 0.193 e. The Hall–Kier alpha value is -2.57. The number of aliphatic imine (C=N–C) groups is 1. The highest BCUT2D eigenvalue weighted by Gasteiger charge is 2.33. The summed E-state index contributed by atoms with van der Waals surface area (Å²) < 4.78 is 10.8. The predicted octanol–water partition coefficient (Wildman–Crippen LogP) is 3.32. The van der Waals surface area contributed by atoms with Crippen LogP contribution < -0.4 is 21.1 Å². The van der Waals surface area contributed by atoms with Crippen LogP contribution in [0.4, 0.5) is 5.69 Å². The van der Waals surface area contributed by atoms with Crippen molar-refractivity contribution in [3.63, 3.8) is 0 Å². The van der Waals surface area contributed by atoms with Gasteiger partial charge in [0.1, 0.15) is 5.75 Å². The van der Waals surface area contributed by atoms with Gasteiger partial charge >= 0.3 is 0 Å². The predicted molar refractivity (Wildman–Crippen MR) is 114 cm³/mol. The Balaban J connectivity index is 1.66. The van der Waals surface area contributed by atoms with Gasteiger partial charge < -0.3 is 25.8 Å². The zero-order valence-corrected chi connectivity index (χ0v) is 16.7. The van der Waals surface area contributed by atoms with Crippen molar-refractivity contribution in [1.29, 1.82) is 0 Å². The van der Waals surface area contributed by atoms with E-state index in [0.717, 1.165) is 37.5 Å². The smallest absolute Gasteiger partial charge is 0.193 e. The molecule has 1 aliphatic heterocycles. The van der Waals surface area contributed by atoms with Gasteiger partial charge in [-0.05, 0) is 49.6 Å². The van der Waals surface area contributed by atoms with Crippen molar-refractivity contribution in [2.45, 2.75) is 31.3 Å². The van der Waals surface area contributed by atoms with Gasteiger partial charge in [0, 0.05) is 30.5 Å². The van der Waals surface area contributed by atoms with Crippen molar-refractivity contribution in [1.82, 2.24) is 5.32 Å². The van der Waals surface area contributed by atoms with Gasteiger partial charge in [0.2, 0.25) is 0 Å². The van der Waals surface area contributed by atoms with E-state index in [2.05, 4.69) is 46.8 Å². The van der Waals surface area contributed by atoms with E-state index in [1.165, 1.54) is 5.56 Å². The number of ether oxygens (including phenoxy) is 2. The lowest BCUT2D eigenvalue weighted by Gasteiger charge is -2.39. The van der Waals surface area contributed by atoms with Crippen LogP contribution in [-0.4, -0.2) is 38.4 Å².